The maximum atomic E-state index is 11.8. The van der Waals surface area contributed by atoms with Gasteiger partial charge in [-0.1, -0.05) is 13.8 Å². The average Bonchev–Trinajstić information content (AvgIpc) is 2.42. The van der Waals surface area contributed by atoms with Crippen molar-refractivity contribution in [2.24, 2.45) is 0 Å². The highest BCUT2D eigenvalue weighted by molar-refractivity contribution is 5.94. The number of nitrogens with two attached hydrogens (primary N) is 1. The van der Waals surface area contributed by atoms with Crippen LogP contribution in [0.5, 0.6) is 5.75 Å². The van der Waals surface area contributed by atoms with Crippen molar-refractivity contribution in [1.82, 2.24) is 4.90 Å². The number of methoxy groups -OCH3 is 1. The molecule has 0 atom stereocenters. The molecule has 1 aromatic carbocycles. The summed E-state index contributed by atoms with van der Waals surface area (Å²) in [6.07, 6.45) is 0.465. The Morgan fingerprint density at radius 3 is 2.58 bits per heavy atom. The lowest BCUT2D eigenvalue weighted by atomic mass is 10.2. The first-order valence-electron chi connectivity index (χ1n) is 6.56. The van der Waals surface area contributed by atoms with Crippen molar-refractivity contribution in [3.63, 3.8) is 0 Å². The monoisotopic (exact) mass is 265 g/mol. The lowest BCUT2D eigenvalue weighted by molar-refractivity contribution is -0.116. The Morgan fingerprint density at radius 2 is 2.05 bits per heavy atom. The van der Waals surface area contributed by atoms with Crippen LogP contribution in [0.3, 0.4) is 0 Å². The maximum absolute atomic E-state index is 11.8. The number of nitrogens with one attached hydrogen (secondary N) is 1. The molecule has 0 saturated heterocycles. The Hall–Kier alpha value is -1.75. The summed E-state index contributed by atoms with van der Waals surface area (Å²) in [6.45, 7) is 6.84. The number of carbonyl (C=O) groups is 1. The average molecular weight is 265 g/mol. The van der Waals surface area contributed by atoms with E-state index in [2.05, 4.69) is 24.1 Å². The van der Waals surface area contributed by atoms with Crippen molar-refractivity contribution in [3.8, 4) is 5.75 Å². The third-order valence-corrected chi connectivity index (χ3v) is 3.08. The van der Waals surface area contributed by atoms with Crippen molar-refractivity contribution in [2.75, 3.05) is 37.8 Å². The molecule has 0 radical (unpaired) electrons. The predicted molar refractivity (Wildman–Crippen MR) is 78.4 cm³/mol. The zero-order chi connectivity index (χ0) is 14.3. The number of hydrogen-bond acceptors (Lipinski definition) is 4. The molecule has 0 spiro atoms. The summed E-state index contributed by atoms with van der Waals surface area (Å²) >= 11 is 0. The minimum atomic E-state index is -0.0243. The fourth-order valence-electron chi connectivity index (χ4n) is 1.79. The van der Waals surface area contributed by atoms with Crippen LogP contribution in [0.15, 0.2) is 18.2 Å². The zero-order valence-corrected chi connectivity index (χ0v) is 11.9. The fraction of sp³-hybridized carbons (Fsp3) is 0.500. The van der Waals surface area contributed by atoms with Gasteiger partial charge in [0, 0.05) is 19.0 Å². The summed E-state index contributed by atoms with van der Waals surface area (Å²) in [4.78, 5) is 14.0. The standard InChI is InChI=1S/C14H23N3O2/c1-4-17(5-2)9-8-14(18)16-13-7-6-11(19-3)10-12(13)15/h6-7,10H,4-5,8-9,15H2,1-3H3,(H,16,18). The zero-order valence-electron chi connectivity index (χ0n) is 11.9. The molecule has 106 valence electrons. The largest absolute Gasteiger partial charge is 0.497 e. The summed E-state index contributed by atoms with van der Waals surface area (Å²) in [5, 5.41) is 2.82. The molecule has 0 bridgehead atoms. The molecule has 5 nitrogen and oxygen atoms in total. The molecular weight excluding hydrogens is 242 g/mol. The fourth-order valence-corrected chi connectivity index (χ4v) is 1.79. The molecule has 5 heteroatoms. The molecule has 0 unspecified atom stereocenters. The number of anilines is 2. The van der Waals surface area contributed by atoms with Gasteiger partial charge in [-0.2, -0.15) is 0 Å². The van der Waals surface area contributed by atoms with E-state index in [1.54, 1.807) is 25.3 Å². The number of amides is 1. The van der Waals surface area contributed by atoms with E-state index < -0.39 is 0 Å². The second kappa shape index (κ2) is 7.63. The molecule has 0 saturated carbocycles. The van der Waals surface area contributed by atoms with Crippen molar-refractivity contribution >= 4 is 17.3 Å². The Bertz CT molecular complexity index is 417. The molecule has 0 aliphatic rings. The molecular formula is C14H23N3O2. The summed E-state index contributed by atoms with van der Waals surface area (Å²) in [7, 11) is 1.58. The van der Waals surface area contributed by atoms with Crippen LogP contribution in [0.4, 0.5) is 11.4 Å². The van der Waals surface area contributed by atoms with E-state index in [4.69, 9.17) is 10.5 Å². The topological polar surface area (TPSA) is 67.6 Å². The van der Waals surface area contributed by atoms with Crippen molar-refractivity contribution in [2.45, 2.75) is 20.3 Å². The third-order valence-electron chi connectivity index (χ3n) is 3.08. The molecule has 1 aromatic rings. The number of nitrogens with zero attached hydrogens (tertiary/aromatic N) is 1. The van der Waals surface area contributed by atoms with Gasteiger partial charge in [0.25, 0.3) is 0 Å². The Labute approximate surface area is 114 Å². The van der Waals surface area contributed by atoms with Crippen molar-refractivity contribution < 1.29 is 9.53 Å². The number of nitrogen functional groups attached to an aromatic ring is 1. The van der Waals surface area contributed by atoms with Gasteiger partial charge in [0.1, 0.15) is 5.75 Å². The minimum absolute atomic E-state index is 0.0243. The maximum Gasteiger partial charge on any atom is 0.225 e. The quantitative estimate of drug-likeness (QED) is 0.739. The highest BCUT2D eigenvalue weighted by Crippen LogP contribution is 2.24. The number of rotatable bonds is 7. The number of ether oxygens (including phenoxy) is 1. The summed E-state index contributed by atoms with van der Waals surface area (Å²) in [5.41, 5.74) is 6.99. The van der Waals surface area contributed by atoms with Gasteiger partial charge in [-0.15, -0.1) is 0 Å². The normalized spacial score (nSPS) is 10.5. The Balaban J connectivity index is 2.52. The van der Waals surface area contributed by atoms with Gasteiger partial charge in [0.2, 0.25) is 5.91 Å². The van der Waals surface area contributed by atoms with Gasteiger partial charge >= 0.3 is 0 Å². The molecule has 1 amide bonds. The van der Waals surface area contributed by atoms with Gasteiger partial charge in [0.15, 0.2) is 0 Å². The lowest BCUT2D eigenvalue weighted by Crippen LogP contribution is -2.27. The molecule has 1 rings (SSSR count). The molecule has 0 aliphatic carbocycles. The van der Waals surface area contributed by atoms with Crippen LogP contribution in [0.25, 0.3) is 0 Å². The van der Waals surface area contributed by atoms with Gasteiger partial charge in [0.05, 0.1) is 18.5 Å². The van der Waals surface area contributed by atoms with E-state index in [0.29, 0.717) is 23.5 Å². The third kappa shape index (κ3) is 4.79. The van der Waals surface area contributed by atoms with Crippen LogP contribution in [0, 0.1) is 0 Å². The van der Waals surface area contributed by atoms with Crippen LogP contribution in [0.2, 0.25) is 0 Å². The van der Waals surface area contributed by atoms with Gasteiger partial charge in [-0.05, 0) is 25.2 Å². The highest BCUT2D eigenvalue weighted by atomic mass is 16.5. The van der Waals surface area contributed by atoms with E-state index in [1.165, 1.54) is 0 Å². The highest BCUT2D eigenvalue weighted by Gasteiger charge is 2.08. The number of benzene rings is 1. The summed E-state index contributed by atoms with van der Waals surface area (Å²) in [5.74, 6) is 0.655. The molecule has 0 aliphatic heterocycles. The predicted octanol–water partition coefficient (Wildman–Crippen LogP) is 1.95. The van der Waals surface area contributed by atoms with E-state index in [-0.39, 0.29) is 5.91 Å². The summed E-state index contributed by atoms with van der Waals surface area (Å²) in [6, 6.07) is 5.22. The number of hydrogen-bond donors (Lipinski definition) is 2. The van der Waals surface area contributed by atoms with Crippen LogP contribution >= 0.6 is 0 Å². The second-order valence-corrected chi connectivity index (χ2v) is 4.28. The summed E-state index contributed by atoms with van der Waals surface area (Å²) < 4.78 is 5.06. The molecule has 3 N–H and O–H groups in total. The van der Waals surface area contributed by atoms with E-state index in [9.17, 15) is 4.79 Å². The van der Waals surface area contributed by atoms with Crippen LogP contribution in [-0.4, -0.2) is 37.6 Å². The van der Waals surface area contributed by atoms with E-state index >= 15 is 0 Å². The number of carbonyl (C=O) groups excluding carboxylic acids is 1. The van der Waals surface area contributed by atoms with E-state index in [1.807, 2.05) is 0 Å². The smallest absolute Gasteiger partial charge is 0.225 e. The first kappa shape index (κ1) is 15.3. The Kier molecular flexibility index (Phi) is 6.15. The first-order chi connectivity index (χ1) is 9.10. The molecule has 0 fully saturated rings. The minimum Gasteiger partial charge on any atom is -0.497 e. The van der Waals surface area contributed by atoms with Crippen LogP contribution < -0.4 is 15.8 Å². The van der Waals surface area contributed by atoms with E-state index in [0.717, 1.165) is 19.6 Å². The first-order valence-corrected chi connectivity index (χ1v) is 6.56. The molecule has 0 heterocycles. The van der Waals surface area contributed by atoms with Gasteiger partial charge in [-0.25, -0.2) is 0 Å². The van der Waals surface area contributed by atoms with Crippen molar-refractivity contribution in [1.29, 1.82) is 0 Å². The second-order valence-electron chi connectivity index (χ2n) is 4.28. The van der Waals surface area contributed by atoms with Crippen LogP contribution in [0.1, 0.15) is 20.3 Å². The lowest BCUT2D eigenvalue weighted by Gasteiger charge is -2.17. The van der Waals surface area contributed by atoms with Crippen LogP contribution in [-0.2, 0) is 4.79 Å². The van der Waals surface area contributed by atoms with Crippen molar-refractivity contribution in [3.05, 3.63) is 18.2 Å². The molecule has 19 heavy (non-hydrogen) atoms. The SMILES string of the molecule is CCN(CC)CCC(=O)Nc1ccc(OC)cc1N. The Morgan fingerprint density at radius 1 is 1.37 bits per heavy atom. The molecule has 0 aromatic heterocycles. The van der Waals surface area contributed by atoms with Gasteiger partial charge < -0.3 is 20.7 Å². The van der Waals surface area contributed by atoms with Gasteiger partial charge in [-0.3, -0.25) is 4.79 Å².